The van der Waals surface area contributed by atoms with Crippen molar-refractivity contribution in [2.75, 3.05) is 13.2 Å². The molecule has 1 atom stereocenters. The molecular weight excluding hydrogens is 246 g/mol. The van der Waals surface area contributed by atoms with Crippen molar-refractivity contribution in [1.82, 2.24) is 4.90 Å². The first-order chi connectivity index (χ1) is 9.11. The third-order valence-electron chi connectivity index (χ3n) is 3.77. The molecule has 5 nitrogen and oxygen atoms in total. The molecule has 2 rings (SSSR count). The fourth-order valence-corrected chi connectivity index (χ4v) is 2.78. The Morgan fingerprint density at radius 2 is 2.32 bits per heavy atom. The van der Waals surface area contributed by atoms with E-state index in [1.807, 2.05) is 0 Å². The normalized spacial score (nSPS) is 20.6. The van der Waals surface area contributed by atoms with Gasteiger partial charge in [-0.05, 0) is 38.8 Å². The summed E-state index contributed by atoms with van der Waals surface area (Å²) in [7, 11) is 0. The molecule has 1 fully saturated rings. The smallest absolute Gasteiger partial charge is 0.339 e. The molecule has 0 bridgehead atoms. The maximum absolute atomic E-state index is 11.0. The summed E-state index contributed by atoms with van der Waals surface area (Å²) in [6, 6.07) is 1.99. The Bertz CT molecular complexity index is 439. The molecule has 0 aliphatic carbocycles. The van der Waals surface area contributed by atoms with Gasteiger partial charge in [0.05, 0.1) is 6.54 Å². The first-order valence-corrected chi connectivity index (χ1v) is 6.79. The summed E-state index contributed by atoms with van der Waals surface area (Å²) >= 11 is 0. The van der Waals surface area contributed by atoms with E-state index in [1.54, 1.807) is 13.0 Å². The molecule has 0 saturated carbocycles. The molecule has 1 aliphatic rings. The van der Waals surface area contributed by atoms with Gasteiger partial charge in [0, 0.05) is 12.6 Å². The van der Waals surface area contributed by atoms with E-state index in [2.05, 4.69) is 4.90 Å². The largest absolute Gasteiger partial charge is 0.478 e. The van der Waals surface area contributed by atoms with E-state index >= 15 is 0 Å². The van der Waals surface area contributed by atoms with Crippen LogP contribution in [0.3, 0.4) is 0 Å². The molecule has 1 aliphatic heterocycles. The number of piperidine rings is 1. The highest BCUT2D eigenvalue weighted by atomic mass is 16.4. The molecular formula is C14H21NO4. The number of likely N-dealkylation sites (tertiary alicyclic amines) is 1. The number of aromatic carboxylic acids is 1. The number of carboxylic acid groups (broad SMARTS) is 1. The second-order valence-corrected chi connectivity index (χ2v) is 5.12. The Morgan fingerprint density at radius 1 is 1.53 bits per heavy atom. The third-order valence-corrected chi connectivity index (χ3v) is 3.77. The van der Waals surface area contributed by atoms with Gasteiger partial charge in [-0.25, -0.2) is 4.79 Å². The van der Waals surface area contributed by atoms with E-state index in [9.17, 15) is 4.79 Å². The number of rotatable bonds is 5. The fraction of sp³-hybridized carbons (Fsp3) is 0.643. The van der Waals surface area contributed by atoms with Crippen molar-refractivity contribution in [2.45, 2.75) is 45.2 Å². The molecule has 5 heteroatoms. The van der Waals surface area contributed by atoms with Crippen LogP contribution in [0.25, 0.3) is 0 Å². The SMILES string of the molecule is Cc1oc(CN2CCCCC2CCO)cc1C(=O)O. The van der Waals surface area contributed by atoms with E-state index in [1.165, 1.54) is 6.42 Å². The Labute approximate surface area is 112 Å². The van der Waals surface area contributed by atoms with Crippen molar-refractivity contribution in [3.63, 3.8) is 0 Å². The highest BCUT2D eigenvalue weighted by Crippen LogP contribution is 2.23. The standard InChI is InChI=1S/C14H21NO4/c1-10-13(14(17)18)8-12(19-10)9-15-6-3-2-4-11(15)5-7-16/h8,11,16H,2-7,9H2,1H3,(H,17,18). The number of aryl methyl sites for hydroxylation is 1. The van der Waals surface area contributed by atoms with Crippen molar-refractivity contribution in [1.29, 1.82) is 0 Å². The van der Waals surface area contributed by atoms with E-state index in [0.29, 0.717) is 24.1 Å². The summed E-state index contributed by atoms with van der Waals surface area (Å²) in [5.74, 6) is 0.205. The average Bonchev–Trinajstić information content (AvgIpc) is 2.73. The number of nitrogens with zero attached hydrogens (tertiary/aromatic N) is 1. The van der Waals surface area contributed by atoms with Crippen molar-refractivity contribution in [3.05, 3.63) is 23.2 Å². The fourth-order valence-electron chi connectivity index (χ4n) is 2.78. The van der Waals surface area contributed by atoms with Gasteiger partial charge in [-0.2, -0.15) is 0 Å². The Balaban J connectivity index is 2.06. The van der Waals surface area contributed by atoms with Gasteiger partial charge in [0.1, 0.15) is 17.1 Å². The van der Waals surface area contributed by atoms with Crippen LogP contribution >= 0.6 is 0 Å². The molecule has 0 aromatic carbocycles. The molecule has 2 N–H and O–H groups in total. The van der Waals surface area contributed by atoms with Gasteiger partial charge in [-0.1, -0.05) is 6.42 Å². The lowest BCUT2D eigenvalue weighted by Crippen LogP contribution is -2.39. The predicted octanol–water partition coefficient (Wildman–Crippen LogP) is 2.02. The molecule has 1 unspecified atom stereocenters. The molecule has 0 radical (unpaired) electrons. The summed E-state index contributed by atoms with van der Waals surface area (Å²) in [6.45, 7) is 3.47. The summed E-state index contributed by atoms with van der Waals surface area (Å²) in [6.07, 6.45) is 4.20. The minimum Gasteiger partial charge on any atom is -0.478 e. The number of carbonyl (C=O) groups is 1. The first-order valence-electron chi connectivity index (χ1n) is 6.79. The van der Waals surface area contributed by atoms with Gasteiger partial charge in [0.2, 0.25) is 0 Å². The third kappa shape index (κ3) is 3.36. The van der Waals surface area contributed by atoms with Gasteiger partial charge in [-0.15, -0.1) is 0 Å². The van der Waals surface area contributed by atoms with Crippen LogP contribution in [-0.4, -0.2) is 40.3 Å². The minimum atomic E-state index is -0.946. The number of aliphatic hydroxyl groups excluding tert-OH is 1. The van der Waals surface area contributed by atoms with Crippen molar-refractivity contribution in [3.8, 4) is 0 Å². The number of hydrogen-bond acceptors (Lipinski definition) is 4. The van der Waals surface area contributed by atoms with Gasteiger partial charge >= 0.3 is 5.97 Å². The number of hydrogen-bond donors (Lipinski definition) is 2. The summed E-state index contributed by atoms with van der Waals surface area (Å²) < 4.78 is 5.52. The molecule has 1 aromatic heterocycles. The van der Waals surface area contributed by atoms with Crippen LogP contribution in [0.1, 0.15) is 47.6 Å². The van der Waals surface area contributed by atoms with Gasteiger partial charge < -0.3 is 14.6 Å². The van der Waals surface area contributed by atoms with Gasteiger partial charge in [0.15, 0.2) is 0 Å². The van der Waals surface area contributed by atoms with Crippen molar-refractivity contribution in [2.24, 2.45) is 0 Å². The topological polar surface area (TPSA) is 73.9 Å². The van der Waals surface area contributed by atoms with Gasteiger partial charge in [-0.3, -0.25) is 4.90 Å². The Hall–Kier alpha value is -1.33. The minimum absolute atomic E-state index is 0.193. The number of carboxylic acids is 1. The zero-order chi connectivity index (χ0) is 13.8. The van der Waals surface area contributed by atoms with Crippen LogP contribution in [-0.2, 0) is 6.54 Å². The molecule has 2 heterocycles. The lowest BCUT2D eigenvalue weighted by molar-refractivity contribution is 0.0695. The zero-order valence-electron chi connectivity index (χ0n) is 11.3. The summed E-state index contributed by atoms with van der Waals surface area (Å²) in [4.78, 5) is 13.3. The van der Waals surface area contributed by atoms with Crippen LogP contribution in [0.15, 0.2) is 10.5 Å². The van der Waals surface area contributed by atoms with Gasteiger partial charge in [0.25, 0.3) is 0 Å². The number of furan rings is 1. The highest BCUT2D eigenvalue weighted by molar-refractivity contribution is 5.88. The molecule has 0 amide bonds. The monoisotopic (exact) mass is 267 g/mol. The van der Waals surface area contributed by atoms with E-state index in [0.717, 1.165) is 25.8 Å². The molecule has 19 heavy (non-hydrogen) atoms. The van der Waals surface area contributed by atoms with Crippen LogP contribution in [0, 0.1) is 6.92 Å². The maximum Gasteiger partial charge on any atom is 0.339 e. The summed E-state index contributed by atoms with van der Waals surface area (Å²) in [5, 5.41) is 18.1. The second-order valence-electron chi connectivity index (χ2n) is 5.12. The molecule has 1 saturated heterocycles. The lowest BCUT2D eigenvalue weighted by Gasteiger charge is -2.34. The van der Waals surface area contributed by atoms with Crippen LogP contribution in [0.2, 0.25) is 0 Å². The number of aliphatic hydroxyl groups is 1. The predicted molar refractivity (Wildman–Crippen MR) is 70.2 cm³/mol. The van der Waals surface area contributed by atoms with E-state index in [-0.39, 0.29) is 12.2 Å². The Kier molecular flexibility index (Phi) is 4.61. The maximum atomic E-state index is 11.0. The zero-order valence-corrected chi connectivity index (χ0v) is 11.3. The van der Waals surface area contributed by atoms with E-state index < -0.39 is 5.97 Å². The van der Waals surface area contributed by atoms with E-state index in [4.69, 9.17) is 14.6 Å². The summed E-state index contributed by atoms with van der Waals surface area (Å²) in [5.41, 5.74) is 0.241. The van der Waals surface area contributed by atoms with Crippen LogP contribution in [0.4, 0.5) is 0 Å². The van der Waals surface area contributed by atoms with Crippen molar-refractivity contribution >= 4 is 5.97 Å². The van der Waals surface area contributed by atoms with Crippen LogP contribution in [0.5, 0.6) is 0 Å². The molecule has 1 aromatic rings. The van der Waals surface area contributed by atoms with Crippen LogP contribution < -0.4 is 0 Å². The second kappa shape index (κ2) is 6.21. The average molecular weight is 267 g/mol. The lowest BCUT2D eigenvalue weighted by atomic mass is 9.99. The molecule has 0 spiro atoms. The quantitative estimate of drug-likeness (QED) is 0.853. The first kappa shape index (κ1) is 14.1. The Morgan fingerprint density at radius 3 is 2.95 bits per heavy atom. The van der Waals surface area contributed by atoms with Crippen molar-refractivity contribution < 1.29 is 19.4 Å². The molecule has 106 valence electrons. The highest BCUT2D eigenvalue weighted by Gasteiger charge is 2.24.